The van der Waals surface area contributed by atoms with Gasteiger partial charge < -0.3 is 9.52 Å². The van der Waals surface area contributed by atoms with Crippen LogP contribution in [-0.2, 0) is 11.2 Å². The number of aliphatic carboxylic acids is 1. The quantitative estimate of drug-likeness (QED) is 0.716. The van der Waals surface area contributed by atoms with Crippen LogP contribution < -0.4 is 0 Å². The maximum absolute atomic E-state index is 10.7. The lowest BCUT2D eigenvalue weighted by atomic mass is 10.1. The predicted molar refractivity (Wildman–Crippen MR) is 61.3 cm³/mol. The van der Waals surface area contributed by atoms with Crippen LogP contribution in [0.25, 0.3) is 0 Å². The minimum Gasteiger partial charge on any atom is -0.480 e. The number of carbonyl (C=O) groups is 1. The monoisotopic (exact) mass is 223 g/mol. The molecule has 0 aliphatic rings. The average Bonchev–Trinajstić information content (AvgIpc) is 2.69. The Morgan fingerprint density at radius 2 is 2.50 bits per heavy atom. The second-order valence-corrected chi connectivity index (χ2v) is 3.74. The molecule has 1 heterocycles. The van der Waals surface area contributed by atoms with E-state index in [0.717, 1.165) is 5.76 Å². The second kappa shape index (κ2) is 6.12. The largest absolute Gasteiger partial charge is 0.480 e. The van der Waals surface area contributed by atoms with E-state index in [1.807, 2.05) is 24.0 Å². The molecule has 0 spiro atoms. The molecule has 0 saturated heterocycles. The van der Waals surface area contributed by atoms with Gasteiger partial charge >= 0.3 is 5.97 Å². The van der Waals surface area contributed by atoms with Crippen molar-refractivity contribution in [3.8, 4) is 0 Å². The third-order valence-corrected chi connectivity index (χ3v) is 2.40. The molecule has 1 unspecified atom stereocenters. The first-order valence-corrected chi connectivity index (χ1v) is 5.22. The van der Waals surface area contributed by atoms with Crippen molar-refractivity contribution in [1.82, 2.24) is 4.90 Å². The van der Waals surface area contributed by atoms with E-state index in [4.69, 9.17) is 9.52 Å². The summed E-state index contributed by atoms with van der Waals surface area (Å²) in [6, 6.07) is 3.83. The van der Waals surface area contributed by atoms with E-state index in [1.54, 1.807) is 12.3 Å². The van der Waals surface area contributed by atoms with E-state index in [2.05, 4.69) is 6.58 Å². The van der Waals surface area contributed by atoms with Gasteiger partial charge in [-0.15, -0.1) is 6.58 Å². The van der Waals surface area contributed by atoms with Gasteiger partial charge in [0.1, 0.15) is 5.76 Å². The molecule has 16 heavy (non-hydrogen) atoms. The number of carboxylic acids is 1. The topological polar surface area (TPSA) is 53.7 Å². The molecule has 1 rings (SSSR count). The molecule has 88 valence electrons. The van der Waals surface area contributed by atoms with Gasteiger partial charge in [-0.25, -0.2) is 0 Å². The Labute approximate surface area is 95.2 Å². The van der Waals surface area contributed by atoms with Gasteiger partial charge in [0.25, 0.3) is 0 Å². The lowest BCUT2D eigenvalue weighted by Gasteiger charge is -2.25. The molecule has 0 radical (unpaired) electrons. The molecule has 1 aromatic rings. The van der Waals surface area contributed by atoms with Crippen LogP contribution in [0.3, 0.4) is 0 Å². The first-order chi connectivity index (χ1) is 7.63. The van der Waals surface area contributed by atoms with E-state index in [1.165, 1.54) is 0 Å². The summed E-state index contributed by atoms with van der Waals surface area (Å²) in [6.45, 7) is 6.20. The van der Waals surface area contributed by atoms with E-state index < -0.39 is 5.97 Å². The van der Waals surface area contributed by atoms with E-state index in [0.29, 0.717) is 13.0 Å². The zero-order valence-electron chi connectivity index (χ0n) is 9.43. The molecular weight excluding hydrogens is 206 g/mol. The van der Waals surface area contributed by atoms with Crippen molar-refractivity contribution in [1.29, 1.82) is 0 Å². The SMILES string of the molecule is C=CCN(CC(=O)O)C(C)Cc1ccco1. The summed E-state index contributed by atoms with van der Waals surface area (Å²) in [6.07, 6.45) is 4.03. The van der Waals surface area contributed by atoms with Crippen LogP contribution in [-0.4, -0.2) is 35.1 Å². The number of hydrogen-bond acceptors (Lipinski definition) is 3. The summed E-state index contributed by atoms with van der Waals surface area (Å²) in [5.41, 5.74) is 0. The van der Waals surface area contributed by atoms with Crippen molar-refractivity contribution in [2.75, 3.05) is 13.1 Å². The second-order valence-electron chi connectivity index (χ2n) is 3.74. The lowest BCUT2D eigenvalue weighted by molar-refractivity contribution is -0.138. The normalized spacial score (nSPS) is 12.6. The highest BCUT2D eigenvalue weighted by atomic mass is 16.4. The Morgan fingerprint density at radius 3 is 3.00 bits per heavy atom. The fourth-order valence-electron chi connectivity index (χ4n) is 1.59. The third kappa shape index (κ3) is 3.90. The standard InChI is InChI=1S/C12H17NO3/c1-3-6-13(9-12(14)15)10(2)8-11-5-4-7-16-11/h3-5,7,10H,1,6,8-9H2,2H3,(H,14,15). The van der Waals surface area contributed by atoms with Gasteiger partial charge in [-0.1, -0.05) is 6.08 Å². The Hall–Kier alpha value is -1.55. The van der Waals surface area contributed by atoms with Gasteiger partial charge in [0, 0.05) is 19.0 Å². The average molecular weight is 223 g/mol. The highest BCUT2D eigenvalue weighted by Gasteiger charge is 2.16. The van der Waals surface area contributed by atoms with Crippen LogP contribution in [0.4, 0.5) is 0 Å². The molecule has 0 saturated carbocycles. The zero-order valence-corrected chi connectivity index (χ0v) is 9.43. The fourth-order valence-corrected chi connectivity index (χ4v) is 1.59. The van der Waals surface area contributed by atoms with E-state index in [-0.39, 0.29) is 12.6 Å². The maximum atomic E-state index is 10.7. The maximum Gasteiger partial charge on any atom is 0.317 e. The van der Waals surface area contributed by atoms with Crippen LogP contribution in [0.1, 0.15) is 12.7 Å². The summed E-state index contributed by atoms with van der Waals surface area (Å²) in [5.74, 6) is 0.0418. The summed E-state index contributed by atoms with van der Waals surface area (Å²) < 4.78 is 5.24. The predicted octanol–water partition coefficient (Wildman–Crippen LogP) is 1.78. The lowest BCUT2D eigenvalue weighted by Crippen LogP contribution is -2.38. The molecule has 0 aliphatic carbocycles. The fraction of sp³-hybridized carbons (Fsp3) is 0.417. The minimum absolute atomic E-state index is 0.0217. The summed E-state index contributed by atoms with van der Waals surface area (Å²) in [4.78, 5) is 12.5. The Kier molecular flexibility index (Phi) is 4.79. The van der Waals surface area contributed by atoms with Crippen LogP contribution in [0, 0.1) is 0 Å². The Bertz CT molecular complexity index is 332. The van der Waals surface area contributed by atoms with Gasteiger partial charge in [0.05, 0.1) is 12.8 Å². The van der Waals surface area contributed by atoms with Gasteiger partial charge in [0.2, 0.25) is 0 Å². The highest BCUT2D eigenvalue weighted by molar-refractivity contribution is 5.69. The van der Waals surface area contributed by atoms with Crippen molar-refractivity contribution in [2.24, 2.45) is 0 Å². The Morgan fingerprint density at radius 1 is 1.75 bits per heavy atom. The number of hydrogen-bond donors (Lipinski definition) is 1. The molecule has 1 aromatic heterocycles. The Balaban J connectivity index is 2.55. The first kappa shape index (κ1) is 12.5. The minimum atomic E-state index is -0.826. The van der Waals surface area contributed by atoms with Crippen LogP contribution >= 0.6 is 0 Å². The first-order valence-electron chi connectivity index (χ1n) is 5.22. The summed E-state index contributed by atoms with van der Waals surface area (Å²) >= 11 is 0. The molecular formula is C12H17NO3. The summed E-state index contributed by atoms with van der Waals surface area (Å²) in [7, 11) is 0. The molecule has 1 N–H and O–H groups in total. The van der Waals surface area contributed by atoms with Gasteiger partial charge in [-0.3, -0.25) is 9.69 Å². The van der Waals surface area contributed by atoms with Crippen molar-refractivity contribution >= 4 is 5.97 Å². The van der Waals surface area contributed by atoms with Crippen LogP contribution in [0.2, 0.25) is 0 Å². The smallest absolute Gasteiger partial charge is 0.317 e. The van der Waals surface area contributed by atoms with Crippen molar-refractivity contribution in [3.63, 3.8) is 0 Å². The summed E-state index contributed by atoms with van der Waals surface area (Å²) in [5, 5.41) is 8.79. The van der Waals surface area contributed by atoms with Crippen molar-refractivity contribution < 1.29 is 14.3 Å². The molecule has 0 aromatic carbocycles. The third-order valence-electron chi connectivity index (χ3n) is 2.40. The van der Waals surface area contributed by atoms with Gasteiger partial charge in [0.15, 0.2) is 0 Å². The zero-order chi connectivity index (χ0) is 12.0. The molecule has 1 atom stereocenters. The molecule has 0 bridgehead atoms. The molecule has 0 fully saturated rings. The number of nitrogens with zero attached hydrogens (tertiary/aromatic N) is 1. The number of furan rings is 1. The van der Waals surface area contributed by atoms with Crippen LogP contribution in [0.5, 0.6) is 0 Å². The van der Waals surface area contributed by atoms with E-state index >= 15 is 0 Å². The molecule has 0 aliphatic heterocycles. The van der Waals surface area contributed by atoms with E-state index in [9.17, 15) is 4.79 Å². The van der Waals surface area contributed by atoms with Gasteiger partial charge in [-0.2, -0.15) is 0 Å². The molecule has 0 amide bonds. The molecule has 4 nitrogen and oxygen atoms in total. The van der Waals surface area contributed by atoms with Crippen molar-refractivity contribution in [2.45, 2.75) is 19.4 Å². The van der Waals surface area contributed by atoms with Crippen LogP contribution in [0.15, 0.2) is 35.5 Å². The van der Waals surface area contributed by atoms with Gasteiger partial charge in [-0.05, 0) is 19.1 Å². The highest BCUT2D eigenvalue weighted by Crippen LogP contribution is 2.09. The van der Waals surface area contributed by atoms with Crippen molar-refractivity contribution in [3.05, 3.63) is 36.8 Å². The molecule has 4 heteroatoms. The number of rotatable bonds is 7. The number of carboxylic acid groups (broad SMARTS) is 1.